The lowest BCUT2D eigenvalue weighted by Crippen LogP contribution is -2.41. The molecule has 2 aromatic carbocycles. The lowest BCUT2D eigenvalue weighted by atomic mass is 9.73. The summed E-state index contributed by atoms with van der Waals surface area (Å²) in [5, 5.41) is 30.8. The smallest absolute Gasteiger partial charge is 0.118 e. The summed E-state index contributed by atoms with van der Waals surface area (Å²) < 4.78 is 10.3. The molecule has 0 heterocycles. The molecule has 0 aliphatic heterocycles. The van der Waals surface area contributed by atoms with Crippen LogP contribution in [0.3, 0.4) is 0 Å². The Morgan fingerprint density at radius 2 is 1.17 bits per heavy atom. The minimum absolute atomic E-state index is 0.0312. The van der Waals surface area contributed by atoms with E-state index in [9.17, 15) is 15.5 Å². The van der Waals surface area contributed by atoms with Crippen molar-refractivity contribution in [3.63, 3.8) is 0 Å². The summed E-state index contributed by atoms with van der Waals surface area (Å²) in [6, 6.07) is 17.6. The average molecular weight is 495 g/mol. The first-order valence-electron chi connectivity index (χ1n) is 13.2. The van der Waals surface area contributed by atoms with Crippen molar-refractivity contribution in [2.24, 2.45) is 5.73 Å². The van der Waals surface area contributed by atoms with Gasteiger partial charge in [0.1, 0.15) is 11.5 Å². The van der Waals surface area contributed by atoms with Crippen molar-refractivity contribution in [1.29, 1.82) is 5.26 Å². The summed E-state index contributed by atoms with van der Waals surface area (Å²) in [4.78, 5) is 0. The summed E-state index contributed by atoms with van der Waals surface area (Å²) in [7, 11) is 3.27. The van der Waals surface area contributed by atoms with Gasteiger partial charge in [-0.05, 0) is 61.1 Å². The molecule has 2 unspecified atom stereocenters. The molecule has 4 rings (SSSR count). The molecule has 2 aliphatic carbocycles. The van der Waals surface area contributed by atoms with E-state index in [1.165, 1.54) is 6.42 Å². The fraction of sp³-hybridized carbons (Fsp3) is 0.567. The number of nitrogens with zero attached hydrogens (tertiary/aromatic N) is 1. The van der Waals surface area contributed by atoms with E-state index in [4.69, 9.17) is 15.2 Å². The molecular formula is C30H42N2O4. The van der Waals surface area contributed by atoms with E-state index < -0.39 is 17.1 Å². The molecule has 4 N–H and O–H groups in total. The summed E-state index contributed by atoms with van der Waals surface area (Å²) in [5.41, 5.74) is 6.41. The second-order valence-electron chi connectivity index (χ2n) is 10.2. The van der Waals surface area contributed by atoms with Crippen molar-refractivity contribution < 1.29 is 19.7 Å². The van der Waals surface area contributed by atoms with Crippen LogP contribution in [0.1, 0.15) is 87.2 Å². The van der Waals surface area contributed by atoms with Gasteiger partial charge in [0.15, 0.2) is 0 Å². The third-order valence-corrected chi connectivity index (χ3v) is 7.96. The van der Waals surface area contributed by atoms with Crippen molar-refractivity contribution >= 4 is 0 Å². The highest BCUT2D eigenvalue weighted by molar-refractivity contribution is 5.34. The standard InChI is InChI=1S/C15H23NO2.C15H19NO2/c2*1-18-13-7-5-12(6-8-13)14(11-16)15(17)9-3-2-4-10-15/h5-8,14,17H,2-4,9-11,16H2,1H3;5-8,14,17H,2-4,9-10H2,1H3. The van der Waals surface area contributed by atoms with Gasteiger partial charge in [0.05, 0.1) is 37.4 Å². The Kier molecular flexibility index (Phi) is 10.2. The highest BCUT2D eigenvalue weighted by Crippen LogP contribution is 2.41. The quantitative estimate of drug-likeness (QED) is 0.474. The average Bonchev–Trinajstić information content (AvgIpc) is 2.91. The predicted molar refractivity (Wildman–Crippen MR) is 142 cm³/mol. The molecule has 6 nitrogen and oxygen atoms in total. The van der Waals surface area contributed by atoms with Gasteiger partial charge in [0.25, 0.3) is 0 Å². The van der Waals surface area contributed by atoms with Crippen LogP contribution >= 0.6 is 0 Å². The number of aliphatic hydroxyl groups is 2. The number of hydrogen-bond acceptors (Lipinski definition) is 6. The molecule has 0 radical (unpaired) electrons. The van der Waals surface area contributed by atoms with Crippen molar-refractivity contribution in [2.45, 2.75) is 87.2 Å². The molecule has 0 aromatic heterocycles. The van der Waals surface area contributed by atoms with Crippen LogP contribution in [0.25, 0.3) is 0 Å². The number of rotatable bonds is 7. The van der Waals surface area contributed by atoms with Crippen molar-refractivity contribution in [1.82, 2.24) is 0 Å². The minimum atomic E-state index is -0.860. The fourth-order valence-corrected chi connectivity index (χ4v) is 5.77. The lowest BCUT2D eigenvalue weighted by molar-refractivity contribution is -0.0194. The Morgan fingerprint density at radius 3 is 1.56 bits per heavy atom. The second-order valence-corrected chi connectivity index (χ2v) is 10.2. The van der Waals surface area contributed by atoms with Crippen LogP contribution in [0.5, 0.6) is 11.5 Å². The van der Waals surface area contributed by atoms with E-state index in [2.05, 4.69) is 6.07 Å². The van der Waals surface area contributed by atoms with E-state index in [1.807, 2.05) is 48.5 Å². The molecule has 0 saturated heterocycles. The van der Waals surface area contributed by atoms with Crippen LogP contribution in [-0.4, -0.2) is 42.2 Å². The summed E-state index contributed by atoms with van der Waals surface area (Å²) >= 11 is 0. The molecule has 6 heteroatoms. The number of benzene rings is 2. The summed E-state index contributed by atoms with van der Waals surface area (Å²) in [6.07, 6.45) is 9.75. The van der Waals surface area contributed by atoms with Gasteiger partial charge in [-0.15, -0.1) is 0 Å². The molecule has 0 amide bonds. The maximum Gasteiger partial charge on any atom is 0.118 e. The Hall–Kier alpha value is -2.59. The highest BCUT2D eigenvalue weighted by Gasteiger charge is 2.39. The molecule has 36 heavy (non-hydrogen) atoms. The van der Waals surface area contributed by atoms with Gasteiger partial charge < -0.3 is 25.4 Å². The molecule has 2 fully saturated rings. The van der Waals surface area contributed by atoms with E-state index in [-0.39, 0.29) is 5.92 Å². The monoisotopic (exact) mass is 494 g/mol. The molecule has 2 aromatic rings. The van der Waals surface area contributed by atoms with Gasteiger partial charge in [-0.25, -0.2) is 0 Å². The van der Waals surface area contributed by atoms with Crippen LogP contribution in [-0.2, 0) is 0 Å². The Balaban J connectivity index is 0.000000201. The number of hydrogen-bond donors (Lipinski definition) is 3. The molecule has 2 atom stereocenters. The van der Waals surface area contributed by atoms with Gasteiger partial charge in [0, 0.05) is 12.5 Å². The zero-order chi connectivity index (χ0) is 26.0. The number of nitrogens with two attached hydrogens (primary N) is 1. The third kappa shape index (κ3) is 6.79. The zero-order valence-corrected chi connectivity index (χ0v) is 21.8. The topological polar surface area (TPSA) is 109 Å². The van der Waals surface area contributed by atoms with Crippen molar-refractivity contribution in [3.8, 4) is 17.6 Å². The van der Waals surface area contributed by atoms with E-state index in [0.29, 0.717) is 6.54 Å². The van der Waals surface area contributed by atoms with Crippen LogP contribution in [0, 0.1) is 11.3 Å². The number of methoxy groups -OCH3 is 2. The predicted octanol–water partition coefficient (Wildman–Crippen LogP) is 5.43. The van der Waals surface area contributed by atoms with Gasteiger partial charge in [-0.3, -0.25) is 0 Å². The maximum absolute atomic E-state index is 10.8. The van der Waals surface area contributed by atoms with E-state index >= 15 is 0 Å². The lowest BCUT2D eigenvalue weighted by Gasteiger charge is -2.39. The van der Waals surface area contributed by atoms with Gasteiger partial charge in [0.2, 0.25) is 0 Å². The van der Waals surface area contributed by atoms with E-state index in [0.717, 1.165) is 80.4 Å². The Morgan fingerprint density at radius 1 is 0.750 bits per heavy atom. The largest absolute Gasteiger partial charge is 0.497 e. The minimum Gasteiger partial charge on any atom is -0.497 e. The molecule has 196 valence electrons. The van der Waals surface area contributed by atoms with Gasteiger partial charge in [-0.2, -0.15) is 5.26 Å². The first-order chi connectivity index (χ1) is 17.4. The van der Waals surface area contributed by atoms with Crippen molar-refractivity contribution in [3.05, 3.63) is 59.7 Å². The van der Waals surface area contributed by atoms with Crippen LogP contribution in [0.4, 0.5) is 0 Å². The SMILES string of the molecule is COc1ccc(C(C#N)C2(O)CCCCC2)cc1.COc1ccc(C(CN)C2(O)CCCCC2)cc1. The Bertz CT molecular complexity index is 956. The Labute approximate surface area is 216 Å². The van der Waals surface area contributed by atoms with E-state index in [1.54, 1.807) is 14.2 Å². The first kappa shape index (κ1) is 28.0. The van der Waals surface area contributed by atoms with Crippen LogP contribution < -0.4 is 15.2 Å². The third-order valence-electron chi connectivity index (χ3n) is 7.96. The maximum atomic E-state index is 10.8. The van der Waals surface area contributed by atoms with Gasteiger partial charge >= 0.3 is 0 Å². The molecule has 2 aliphatic rings. The van der Waals surface area contributed by atoms with Crippen LogP contribution in [0.15, 0.2) is 48.5 Å². The zero-order valence-electron chi connectivity index (χ0n) is 21.8. The molecule has 0 bridgehead atoms. The summed E-state index contributed by atoms with van der Waals surface area (Å²) in [5.74, 6) is 1.20. The molecule has 0 spiro atoms. The molecular weight excluding hydrogens is 452 g/mol. The normalized spacial score (nSPS) is 20.1. The number of nitriles is 1. The fourth-order valence-electron chi connectivity index (χ4n) is 5.77. The van der Waals surface area contributed by atoms with Gasteiger partial charge in [-0.1, -0.05) is 62.8 Å². The second kappa shape index (κ2) is 13.1. The number of ether oxygens (including phenoxy) is 2. The van der Waals surface area contributed by atoms with Crippen LogP contribution in [0.2, 0.25) is 0 Å². The highest BCUT2D eigenvalue weighted by atomic mass is 16.5. The van der Waals surface area contributed by atoms with Crippen molar-refractivity contribution in [2.75, 3.05) is 20.8 Å². The summed E-state index contributed by atoms with van der Waals surface area (Å²) in [6.45, 7) is 0.489. The molecule has 2 saturated carbocycles. The first-order valence-corrected chi connectivity index (χ1v) is 13.2.